The maximum Gasteiger partial charge on any atom is 0.410 e. The van der Waals surface area contributed by atoms with E-state index >= 15 is 0 Å². The Morgan fingerprint density at radius 1 is 1.48 bits per heavy atom. The topological polar surface area (TPSA) is 120 Å². The number of hydrogen-bond acceptors (Lipinski definition) is 6. The van der Waals surface area contributed by atoms with Crippen LogP contribution >= 0.6 is 0 Å². The fourth-order valence-corrected chi connectivity index (χ4v) is 2.77. The molecule has 0 amide bonds. The number of hydrogen-bond donors (Lipinski definition) is 1. The summed E-state index contributed by atoms with van der Waals surface area (Å²) >= 11 is 0. The standard InChI is InChI=1S/C11H13N5O4S/c1-3-15-7-9(11(13-15)16(17)18)21(19,20)14-10-6-8(2)4-5-12-10/h4-7H,3H2,1-2H3,(H,12,14). The number of nitrogens with one attached hydrogen (secondary N) is 1. The molecule has 112 valence electrons. The number of rotatable bonds is 5. The van der Waals surface area contributed by atoms with Gasteiger partial charge in [0.15, 0.2) is 0 Å². The zero-order valence-electron chi connectivity index (χ0n) is 11.3. The number of sulfonamides is 1. The Kier molecular flexibility index (Phi) is 3.89. The van der Waals surface area contributed by atoms with Crippen LogP contribution in [0.25, 0.3) is 0 Å². The van der Waals surface area contributed by atoms with Crippen molar-refractivity contribution in [1.29, 1.82) is 0 Å². The van der Waals surface area contributed by atoms with Crippen LogP contribution in [0.4, 0.5) is 11.6 Å². The van der Waals surface area contributed by atoms with Crippen LogP contribution in [0.2, 0.25) is 0 Å². The smallest absolute Gasteiger partial charge is 0.358 e. The minimum Gasteiger partial charge on any atom is -0.358 e. The van der Waals surface area contributed by atoms with Crippen molar-refractivity contribution in [2.45, 2.75) is 25.3 Å². The number of aromatic nitrogens is 3. The summed E-state index contributed by atoms with van der Waals surface area (Å²) in [7, 11) is -4.13. The normalized spacial score (nSPS) is 11.3. The van der Waals surface area contributed by atoms with Crippen LogP contribution in [0.5, 0.6) is 0 Å². The molecule has 0 aliphatic heterocycles. The molecule has 0 atom stereocenters. The predicted molar refractivity (Wildman–Crippen MR) is 74.3 cm³/mol. The summed E-state index contributed by atoms with van der Waals surface area (Å²) in [6, 6.07) is 3.23. The Balaban J connectivity index is 2.44. The lowest BCUT2D eigenvalue weighted by molar-refractivity contribution is -0.392. The molecular formula is C11H13N5O4S. The van der Waals surface area contributed by atoms with Gasteiger partial charge in [0, 0.05) is 6.20 Å². The van der Waals surface area contributed by atoms with Gasteiger partial charge in [-0.25, -0.2) is 13.4 Å². The average Bonchev–Trinajstić information content (AvgIpc) is 2.83. The zero-order valence-corrected chi connectivity index (χ0v) is 12.2. The van der Waals surface area contributed by atoms with E-state index in [1.807, 2.05) is 0 Å². The lowest BCUT2D eigenvalue weighted by Gasteiger charge is -2.05. The molecular weight excluding hydrogens is 298 g/mol. The van der Waals surface area contributed by atoms with Crippen LogP contribution in [-0.4, -0.2) is 28.1 Å². The lowest BCUT2D eigenvalue weighted by Crippen LogP contribution is -2.14. The van der Waals surface area contributed by atoms with Crippen molar-refractivity contribution in [2.75, 3.05) is 4.72 Å². The van der Waals surface area contributed by atoms with Crippen molar-refractivity contribution in [3.05, 3.63) is 40.2 Å². The molecule has 0 saturated carbocycles. The summed E-state index contributed by atoms with van der Waals surface area (Å²) in [4.78, 5) is 13.5. The molecule has 0 aliphatic carbocycles. The second kappa shape index (κ2) is 5.48. The van der Waals surface area contributed by atoms with Gasteiger partial charge in [0.1, 0.15) is 5.82 Å². The summed E-state index contributed by atoms with van der Waals surface area (Å²) in [5.74, 6) is -0.620. The van der Waals surface area contributed by atoms with E-state index in [1.165, 1.54) is 16.9 Å². The van der Waals surface area contributed by atoms with Gasteiger partial charge in [-0.1, -0.05) is 0 Å². The van der Waals surface area contributed by atoms with Crippen LogP contribution in [0, 0.1) is 17.0 Å². The molecule has 0 aromatic carbocycles. The molecule has 9 nitrogen and oxygen atoms in total. The molecule has 2 aromatic rings. The Hall–Kier alpha value is -2.49. The molecule has 10 heteroatoms. The quantitative estimate of drug-likeness (QED) is 0.656. The first-order valence-electron chi connectivity index (χ1n) is 6.01. The van der Waals surface area contributed by atoms with E-state index in [1.54, 1.807) is 19.9 Å². The maximum atomic E-state index is 12.3. The van der Waals surface area contributed by atoms with Gasteiger partial charge in [-0.3, -0.25) is 4.72 Å². The first-order valence-corrected chi connectivity index (χ1v) is 7.49. The Morgan fingerprint density at radius 3 is 2.76 bits per heavy atom. The van der Waals surface area contributed by atoms with Crippen molar-refractivity contribution in [1.82, 2.24) is 14.8 Å². The summed E-state index contributed by atoms with van der Waals surface area (Å²) in [5.41, 5.74) is 0.807. The fraction of sp³-hybridized carbons (Fsp3) is 0.273. The third-order valence-corrected chi connectivity index (χ3v) is 4.00. The van der Waals surface area contributed by atoms with E-state index in [0.29, 0.717) is 6.54 Å². The van der Waals surface area contributed by atoms with Crippen LogP contribution < -0.4 is 4.72 Å². The lowest BCUT2D eigenvalue weighted by atomic mass is 10.3. The number of nitro groups is 1. The second-order valence-electron chi connectivity index (χ2n) is 4.25. The van der Waals surface area contributed by atoms with Crippen LogP contribution in [0.1, 0.15) is 12.5 Å². The SMILES string of the molecule is CCn1cc(S(=O)(=O)Nc2cc(C)ccn2)c([N+](=O)[O-])n1. The third-order valence-electron chi connectivity index (χ3n) is 2.65. The highest BCUT2D eigenvalue weighted by molar-refractivity contribution is 7.92. The molecule has 21 heavy (non-hydrogen) atoms. The first kappa shape index (κ1) is 14.9. The van der Waals surface area contributed by atoms with Gasteiger partial charge in [-0.05, 0) is 36.5 Å². The van der Waals surface area contributed by atoms with E-state index in [0.717, 1.165) is 11.8 Å². The third kappa shape index (κ3) is 3.16. The van der Waals surface area contributed by atoms with Gasteiger partial charge in [0.05, 0.1) is 17.8 Å². The first-order chi connectivity index (χ1) is 9.83. The summed E-state index contributed by atoms with van der Waals surface area (Å²) in [6.07, 6.45) is 2.56. The summed E-state index contributed by atoms with van der Waals surface area (Å²) in [5, 5.41) is 14.6. The van der Waals surface area contributed by atoms with Crippen LogP contribution in [-0.2, 0) is 16.6 Å². The van der Waals surface area contributed by atoms with Crippen LogP contribution in [0.15, 0.2) is 29.4 Å². The van der Waals surface area contributed by atoms with E-state index in [2.05, 4.69) is 14.8 Å². The van der Waals surface area contributed by atoms with Gasteiger partial charge < -0.3 is 10.1 Å². The van der Waals surface area contributed by atoms with Crippen molar-refractivity contribution in [2.24, 2.45) is 0 Å². The largest absolute Gasteiger partial charge is 0.410 e. The second-order valence-corrected chi connectivity index (χ2v) is 5.90. The highest BCUT2D eigenvalue weighted by atomic mass is 32.2. The monoisotopic (exact) mass is 311 g/mol. The van der Waals surface area contributed by atoms with Crippen molar-refractivity contribution in [3.63, 3.8) is 0 Å². The van der Waals surface area contributed by atoms with Gasteiger partial charge in [0.2, 0.25) is 4.90 Å². The maximum absolute atomic E-state index is 12.3. The highest BCUT2D eigenvalue weighted by Crippen LogP contribution is 2.23. The van der Waals surface area contributed by atoms with E-state index in [9.17, 15) is 18.5 Å². The van der Waals surface area contributed by atoms with E-state index < -0.39 is 25.7 Å². The molecule has 2 heterocycles. The molecule has 2 rings (SSSR count). The van der Waals surface area contributed by atoms with Crippen molar-refractivity contribution in [3.8, 4) is 0 Å². The number of aryl methyl sites for hydroxylation is 2. The molecule has 0 saturated heterocycles. The van der Waals surface area contributed by atoms with E-state index in [-0.39, 0.29) is 5.82 Å². The summed E-state index contributed by atoms with van der Waals surface area (Å²) in [6.45, 7) is 3.79. The van der Waals surface area contributed by atoms with Crippen LogP contribution in [0.3, 0.4) is 0 Å². The minimum absolute atomic E-state index is 0.0912. The highest BCUT2D eigenvalue weighted by Gasteiger charge is 2.31. The number of nitrogens with zero attached hydrogens (tertiary/aromatic N) is 4. The molecule has 2 aromatic heterocycles. The molecule has 0 fully saturated rings. The number of anilines is 1. The molecule has 0 spiro atoms. The molecule has 1 N–H and O–H groups in total. The van der Waals surface area contributed by atoms with Crippen molar-refractivity contribution >= 4 is 21.7 Å². The Bertz CT molecular complexity index is 784. The minimum atomic E-state index is -4.13. The predicted octanol–water partition coefficient (Wildman–Crippen LogP) is 1.32. The molecule has 0 aliphatic rings. The molecule has 0 radical (unpaired) electrons. The molecule has 0 bridgehead atoms. The van der Waals surface area contributed by atoms with Gasteiger partial charge in [0.25, 0.3) is 10.0 Å². The molecule has 0 unspecified atom stereocenters. The van der Waals surface area contributed by atoms with Crippen molar-refractivity contribution < 1.29 is 13.3 Å². The fourth-order valence-electron chi connectivity index (χ4n) is 1.66. The van der Waals surface area contributed by atoms with E-state index in [4.69, 9.17) is 0 Å². The number of pyridine rings is 1. The summed E-state index contributed by atoms with van der Waals surface area (Å²) < 4.78 is 27.9. The average molecular weight is 311 g/mol. The zero-order chi connectivity index (χ0) is 15.6. The van der Waals surface area contributed by atoms with Gasteiger partial charge in [-0.2, -0.15) is 4.68 Å². The Morgan fingerprint density at radius 2 is 2.19 bits per heavy atom. The van der Waals surface area contributed by atoms with Gasteiger partial charge in [-0.15, -0.1) is 0 Å². The van der Waals surface area contributed by atoms with Gasteiger partial charge >= 0.3 is 5.82 Å². The Labute approximate surface area is 120 Å².